The molecule has 144 valence electrons. The second-order valence-electron chi connectivity index (χ2n) is 6.78. The Morgan fingerprint density at radius 1 is 1.15 bits per heavy atom. The molecule has 0 aliphatic heterocycles. The van der Waals surface area contributed by atoms with Crippen molar-refractivity contribution >= 4 is 29.1 Å². The average molecular weight is 391 g/mol. The summed E-state index contributed by atoms with van der Waals surface area (Å²) in [6.45, 7) is 7.71. The molecule has 2 rings (SSSR count). The van der Waals surface area contributed by atoms with Gasteiger partial charge in [0.05, 0.1) is 11.1 Å². The summed E-state index contributed by atoms with van der Waals surface area (Å²) in [4.78, 5) is 43.2. The molecule has 0 saturated carbocycles. The van der Waals surface area contributed by atoms with E-state index in [9.17, 15) is 14.4 Å². The Kier molecular flexibility index (Phi) is 6.38. The van der Waals surface area contributed by atoms with Gasteiger partial charge in [0, 0.05) is 31.5 Å². The maximum atomic E-state index is 12.9. The molecule has 0 saturated heterocycles. The molecular formula is C19H23ClN4O3. The molecule has 2 aromatic rings. The molecule has 0 bridgehead atoms. The van der Waals surface area contributed by atoms with Gasteiger partial charge in [0.2, 0.25) is 0 Å². The Morgan fingerprint density at radius 3 is 2.30 bits per heavy atom. The molecule has 0 aromatic carbocycles. The number of hydrogen-bond acceptors (Lipinski definition) is 4. The van der Waals surface area contributed by atoms with E-state index >= 15 is 0 Å². The van der Waals surface area contributed by atoms with Gasteiger partial charge in [-0.25, -0.2) is 4.98 Å². The Labute approximate surface area is 163 Å². The largest absolute Gasteiger partial charge is 0.334 e. The Balaban J connectivity index is 2.38. The zero-order valence-electron chi connectivity index (χ0n) is 16.0. The number of anilines is 1. The molecule has 0 aliphatic rings. The first-order valence-corrected chi connectivity index (χ1v) is 8.95. The summed E-state index contributed by atoms with van der Waals surface area (Å²) < 4.78 is 1.28. The number of nitrogens with one attached hydrogen (secondary N) is 1. The van der Waals surface area contributed by atoms with E-state index in [1.54, 1.807) is 4.90 Å². The van der Waals surface area contributed by atoms with Gasteiger partial charge >= 0.3 is 0 Å². The first kappa shape index (κ1) is 20.6. The van der Waals surface area contributed by atoms with Gasteiger partial charge in [0.15, 0.2) is 0 Å². The van der Waals surface area contributed by atoms with Gasteiger partial charge in [-0.1, -0.05) is 11.6 Å². The highest BCUT2D eigenvalue weighted by atomic mass is 35.5. The van der Waals surface area contributed by atoms with Gasteiger partial charge in [0.25, 0.3) is 17.4 Å². The van der Waals surface area contributed by atoms with E-state index in [0.717, 1.165) is 0 Å². The van der Waals surface area contributed by atoms with Crippen molar-refractivity contribution in [3.05, 3.63) is 57.2 Å². The minimum Gasteiger partial charge on any atom is -0.334 e. The van der Waals surface area contributed by atoms with E-state index in [4.69, 9.17) is 11.6 Å². The van der Waals surface area contributed by atoms with Crippen LogP contribution in [0.2, 0.25) is 5.15 Å². The van der Waals surface area contributed by atoms with Crippen LogP contribution >= 0.6 is 11.6 Å². The second kappa shape index (κ2) is 8.35. The van der Waals surface area contributed by atoms with Gasteiger partial charge in [-0.3, -0.25) is 14.4 Å². The summed E-state index contributed by atoms with van der Waals surface area (Å²) in [5.41, 5.74) is 0.187. The van der Waals surface area contributed by atoms with Crippen LogP contribution in [0.25, 0.3) is 0 Å². The SMILES string of the molecule is CC(C)N(C(=O)c1cc(NC(=O)c2ccc(Cl)nc2)c(=O)n(C)c1)C(C)C. The highest BCUT2D eigenvalue weighted by Crippen LogP contribution is 2.15. The van der Waals surface area contributed by atoms with Crippen molar-refractivity contribution in [2.24, 2.45) is 7.05 Å². The van der Waals surface area contributed by atoms with Gasteiger partial charge in [0.1, 0.15) is 10.8 Å². The molecule has 7 nitrogen and oxygen atoms in total. The van der Waals surface area contributed by atoms with Crippen molar-refractivity contribution < 1.29 is 9.59 Å². The zero-order chi connectivity index (χ0) is 20.3. The second-order valence-corrected chi connectivity index (χ2v) is 7.17. The molecule has 0 atom stereocenters. The number of amides is 2. The maximum absolute atomic E-state index is 12.9. The van der Waals surface area contributed by atoms with Crippen LogP contribution in [0.4, 0.5) is 5.69 Å². The monoisotopic (exact) mass is 390 g/mol. The van der Waals surface area contributed by atoms with Crippen LogP contribution in [-0.4, -0.2) is 38.3 Å². The molecule has 0 radical (unpaired) electrons. The Hall–Kier alpha value is -2.67. The number of rotatable bonds is 5. The summed E-state index contributed by atoms with van der Waals surface area (Å²) in [7, 11) is 1.54. The molecule has 0 spiro atoms. The van der Waals surface area contributed by atoms with Crippen LogP contribution in [0.1, 0.15) is 48.4 Å². The van der Waals surface area contributed by atoms with Crippen LogP contribution in [0.5, 0.6) is 0 Å². The van der Waals surface area contributed by atoms with Crippen molar-refractivity contribution in [1.29, 1.82) is 0 Å². The summed E-state index contributed by atoms with van der Waals surface area (Å²) in [5.74, 6) is -0.718. The van der Waals surface area contributed by atoms with Gasteiger partial charge < -0.3 is 14.8 Å². The van der Waals surface area contributed by atoms with Crippen molar-refractivity contribution in [2.75, 3.05) is 5.32 Å². The van der Waals surface area contributed by atoms with E-state index < -0.39 is 11.5 Å². The molecule has 0 fully saturated rings. The van der Waals surface area contributed by atoms with E-state index in [1.807, 2.05) is 27.7 Å². The first-order chi connectivity index (χ1) is 12.6. The summed E-state index contributed by atoms with van der Waals surface area (Å²) in [6, 6.07) is 4.38. The number of aromatic nitrogens is 2. The van der Waals surface area contributed by atoms with Crippen molar-refractivity contribution in [1.82, 2.24) is 14.5 Å². The van der Waals surface area contributed by atoms with Gasteiger partial charge in [-0.2, -0.15) is 0 Å². The number of hydrogen-bond donors (Lipinski definition) is 1. The lowest BCUT2D eigenvalue weighted by molar-refractivity contribution is 0.0642. The number of aryl methyl sites for hydroxylation is 1. The highest BCUT2D eigenvalue weighted by Gasteiger charge is 2.23. The molecule has 2 aromatic heterocycles. The van der Waals surface area contributed by atoms with Crippen molar-refractivity contribution in [2.45, 2.75) is 39.8 Å². The van der Waals surface area contributed by atoms with Crippen molar-refractivity contribution in [3.8, 4) is 0 Å². The molecule has 8 heteroatoms. The number of pyridine rings is 2. The molecule has 0 aliphatic carbocycles. The maximum Gasteiger partial charge on any atom is 0.274 e. The lowest BCUT2D eigenvalue weighted by Gasteiger charge is -2.31. The summed E-state index contributed by atoms with van der Waals surface area (Å²) in [5, 5.41) is 2.81. The van der Waals surface area contributed by atoms with Crippen LogP contribution in [0.15, 0.2) is 35.4 Å². The highest BCUT2D eigenvalue weighted by molar-refractivity contribution is 6.29. The van der Waals surface area contributed by atoms with E-state index in [1.165, 1.54) is 42.2 Å². The van der Waals surface area contributed by atoms with E-state index in [2.05, 4.69) is 10.3 Å². The molecule has 1 N–H and O–H groups in total. The third-order valence-corrected chi connectivity index (χ3v) is 4.24. The lowest BCUT2D eigenvalue weighted by Crippen LogP contribution is -2.42. The fourth-order valence-electron chi connectivity index (χ4n) is 2.84. The minimum atomic E-state index is -0.509. The zero-order valence-corrected chi connectivity index (χ0v) is 16.7. The fourth-order valence-corrected chi connectivity index (χ4v) is 2.95. The topological polar surface area (TPSA) is 84.3 Å². The average Bonchev–Trinajstić information content (AvgIpc) is 2.58. The summed E-state index contributed by atoms with van der Waals surface area (Å²) in [6.07, 6.45) is 2.79. The third-order valence-electron chi connectivity index (χ3n) is 4.02. The molecule has 2 heterocycles. The number of nitrogens with zero attached hydrogens (tertiary/aromatic N) is 3. The van der Waals surface area contributed by atoms with Crippen LogP contribution in [0.3, 0.4) is 0 Å². The van der Waals surface area contributed by atoms with E-state index in [-0.39, 0.29) is 34.4 Å². The first-order valence-electron chi connectivity index (χ1n) is 8.58. The lowest BCUT2D eigenvalue weighted by atomic mass is 10.1. The fraction of sp³-hybridized carbons (Fsp3) is 0.368. The number of carbonyl (C=O) groups excluding carboxylic acids is 2. The predicted molar refractivity (Wildman–Crippen MR) is 105 cm³/mol. The molecule has 2 amide bonds. The molecule has 0 unspecified atom stereocenters. The van der Waals surface area contributed by atoms with Crippen LogP contribution < -0.4 is 10.9 Å². The standard InChI is InChI=1S/C19H23ClN4O3/c1-11(2)24(12(3)4)18(26)14-8-15(19(27)23(5)10-14)22-17(25)13-6-7-16(20)21-9-13/h6-12H,1-5H3,(H,22,25). The smallest absolute Gasteiger partial charge is 0.274 e. The van der Waals surface area contributed by atoms with Crippen LogP contribution in [-0.2, 0) is 7.05 Å². The number of carbonyl (C=O) groups is 2. The summed E-state index contributed by atoms with van der Waals surface area (Å²) >= 11 is 5.72. The molecular weight excluding hydrogens is 368 g/mol. The van der Waals surface area contributed by atoms with Gasteiger partial charge in [-0.15, -0.1) is 0 Å². The molecule has 27 heavy (non-hydrogen) atoms. The predicted octanol–water partition coefficient (Wildman–Crippen LogP) is 2.95. The normalized spacial score (nSPS) is 11.0. The third kappa shape index (κ3) is 4.74. The Morgan fingerprint density at radius 2 is 1.78 bits per heavy atom. The van der Waals surface area contributed by atoms with Crippen LogP contribution in [0, 0.1) is 0 Å². The van der Waals surface area contributed by atoms with E-state index in [0.29, 0.717) is 5.56 Å². The number of halogens is 1. The Bertz CT molecular complexity index is 896. The van der Waals surface area contributed by atoms with Crippen molar-refractivity contribution in [3.63, 3.8) is 0 Å². The quantitative estimate of drug-likeness (QED) is 0.795. The minimum absolute atomic E-state index is 0.00656. The van der Waals surface area contributed by atoms with Gasteiger partial charge in [-0.05, 0) is 45.9 Å².